The lowest BCUT2D eigenvalue weighted by atomic mass is 9.93. The lowest BCUT2D eigenvalue weighted by Gasteiger charge is -2.35. The lowest BCUT2D eigenvalue weighted by Crippen LogP contribution is -2.34. The van der Waals surface area contributed by atoms with Gasteiger partial charge >= 0.3 is 6.18 Å². The van der Waals surface area contributed by atoms with Gasteiger partial charge in [-0.2, -0.15) is 13.2 Å². The van der Waals surface area contributed by atoms with Gasteiger partial charge in [-0.1, -0.05) is 80.9 Å². The van der Waals surface area contributed by atoms with Gasteiger partial charge in [-0.05, 0) is 62.4 Å². The fraction of sp³-hybridized carbons (Fsp3) is 0.414. The zero-order valence-corrected chi connectivity index (χ0v) is 20.1. The van der Waals surface area contributed by atoms with Crippen LogP contribution in [0.25, 0.3) is 11.3 Å². The van der Waals surface area contributed by atoms with Crippen LogP contribution >= 0.6 is 0 Å². The Morgan fingerprint density at radius 2 is 1.44 bits per heavy atom. The molecule has 0 saturated carbocycles. The molecule has 0 unspecified atom stereocenters. The number of hydrogen-bond donors (Lipinski definition) is 0. The molecule has 1 saturated heterocycles. The van der Waals surface area contributed by atoms with Gasteiger partial charge in [0.05, 0.1) is 11.3 Å². The third-order valence-electron chi connectivity index (χ3n) is 6.21. The summed E-state index contributed by atoms with van der Waals surface area (Å²) in [5.41, 5.74) is 3.13. The van der Waals surface area contributed by atoms with E-state index in [4.69, 9.17) is 0 Å². The van der Waals surface area contributed by atoms with Gasteiger partial charge in [0.15, 0.2) is 0 Å². The SMILES string of the molecule is CC(C)CC[C@@H](c1ccc(-c2ccccn2)cc1)N1CCCCC1.FC(F)(F)c1ccccc1. The molecule has 0 aliphatic carbocycles. The Hall–Kier alpha value is -2.66. The standard InChI is InChI=1S/C22H30N2.C7H5F3/c1-18(2)9-14-22(24-16-6-3-7-17-24)20-12-10-19(11-13-20)21-8-4-5-15-23-21;8-7(9,10)6-4-2-1-3-5-6/h4-5,8,10-13,15,18,22H,3,6-7,9,14,16-17H2,1-2H3;1-5H/t22-;/m0./s1. The number of alkyl halides is 3. The van der Waals surface area contributed by atoms with E-state index in [1.165, 1.54) is 68.5 Å². The van der Waals surface area contributed by atoms with Crippen LogP contribution in [0.1, 0.15) is 63.1 Å². The molecule has 0 radical (unpaired) electrons. The van der Waals surface area contributed by atoms with E-state index in [0.29, 0.717) is 6.04 Å². The molecule has 1 aliphatic heterocycles. The van der Waals surface area contributed by atoms with Gasteiger partial charge in [0.1, 0.15) is 0 Å². The first-order valence-corrected chi connectivity index (χ1v) is 12.2. The summed E-state index contributed by atoms with van der Waals surface area (Å²) in [5, 5.41) is 0. The molecular weight excluding hydrogens is 433 g/mol. The van der Waals surface area contributed by atoms with Crippen LogP contribution in [0.15, 0.2) is 79.0 Å². The average molecular weight is 469 g/mol. The monoisotopic (exact) mass is 468 g/mol. The zero-order valence-electron chi connectivity index (χ0n) is 20.1. The molecule has 34 heavy (non-hydrogen) atoms. The van der Waals surface area contributed by atoms with E-state index in [-0.39, 0.29) is 0 Å². The Balaban J connectivity index is 0.000000271. The van der Waals surface area contributed by atoms with Crippen LogP contribution in [0.3, 0.4) is 0 Å². The second-order valence-corrected chi connectivity index (χ2v) is 9.28. The minimum Gasteiger partial charge on any atom is -0.296 e. The van der Waals surface area contributed by atoms with Gasteiger partial charge in [0, 0.05) is 17.8 Å². The highest BCUT2D eigenvalue weighted by Gasteiger charge is 2.29. The van der Waals surface area contributed by atoms with E-state index in [2.05, 4.69) is 60.1 Å². The van der Waals surface area contributed by atoms with Gasteiger partial charge < -0.3 is 0 Å². The summed E-state index contributed by atoms with van der Waals surface area (Å²) < 4.78 is 35.4. The fourth-order valence-corrected chi connectivity index (χ4v) is 4.32. The number of likely N-dealkylation sites (tertiary alicyclic amines) is 1. The molecule has 1 aromatic heterocycles. The van der Waals surface area contributed by atoms with E-state index in [0.717, 1.165) is 23.7 Å². The molecule has 182 valence electrons. The maximum Gasteiger partial charge on any atom is 0.416 e. The smallest absolute Gasteiger partial charge is 0.296 e. The molecule has 2 nitrogen and oxygen atoms in total. The maximum atomic E-state index is 11.8. The molecule has 0 N–H and O–H groups in total. The first kappa shape index (κ1) is 26.0. The molecule has 1 aliphatic rings. The highest BCUT2D eigenvalue weighted by atomic mass is 19.4. The van der Waals surface area contributed by atoms with Crippen LogP contribution in [-0.4, -0.2) is 23.0 Å². The molecule has 5 heteroatoms. The number of pyridine rings is 1. The minimum absolute atomic E-state index is 0.575. The molecular formula is C29H35F3N2. The number of piperidine rings is 1. The van der Waals surface area contributed by atoms with Crippen molar-refractivity contribution in [2.45, 2.75) is 58.2 Å². The zero-order chi connectivity index (χ0) is 24.4. The number of aromatic nitrogens is 1. The van der Waals surface area contributed by atoms with Crippen molar-refractivity contribution in [3.05, 3.63) is 90.1 Å². The Bertz CT molecular complexity index is 948. The van der Waals surface area contributed by atoms with Crippen molar-refractivity contribution in [2.75, 3.05) is 13.1 Å². The molecule has 1 atom stereocenters. The summed E-state index contributed by atoms with van der Waals surface area (Å²) in [5.74, 6) is 0.769. The highest BCUT2D eigenvalue weighted by molar-refractivity contribution is 5.59. The molecule has 3 aromatic rings. The van der Waals surface area contributed by atoms with Crippen molar-refractivity contribution in [3.8, 4) is 11.3 Å². The minimum atomic E-state index is -4.21. The Kier molecular flexibility index (Phi) is 9.70. The topological polar surface area (TPSA) is 16.1 Å². The van der Waals surface area contributed by atoms with Crippen molar-refractivity contribution >= 4 is 0 Å². The van der Waals surface area contributed by atoms with Crippen LogP contribution in [0.4, 0.5) is 13.2 Å². The summed E-state index contributed by atoms with van der Waals surface area (Å²) in [6.07, 6.45) is 4.31. The third kappa shape index (κ3) is 7.98. The van der Waals surface area contributed by atoms with Gasteiger partial charge in [-0.25, -0.2) is 0 Å². The predicted molar refractivity (Wildman–Crippen MR) is 133 cm³/mol. The second-order valence-electron chi connectivity index (χ2n) is 9.28. The van der Waals surface area contributed by atoms with Crippen LogP contribution in [0.5, 0.6) is 0 Å². The molecule has 2 heterocycles. The molecule has 2 aromatic carbocycles. The fourth-order valence-electron chi connectivity index (χ4n) is 4.32. The third-order valence-corrected chi connectivity index (χ3v) is 6.21. The number of rotatable bonds is 6. The highest BCUT2D eigenvalue weighted by Crippen LogP contribution is 2.31. The van der Waals surface area contributed by atoms with Crippen LogP contribution in [-0.2, 0) is 6.18 Å². The number of hydrogen-bond acceptors (Lipinski definition) is 2. The van der Waals surface area contributed by atoms with Crippen molar-refractivity contribution < 1.29 is 13.2 Å². The second kappa shape index (κ2) is 12.7. The molecule has 1 fully saturated rings. The van der Waals surface area contributed by atoms with Crippen molar-refractivity contribution in [2.24, 2.45) is 5.92 Å². The predicted octanol–water partition coefficient (Wildman–Crippen LogP) is 8.42. The summed E-state index contributed by atoms with van der Waals surface area (Å²) in [4.78, 5) is 7.17. The summed E-state index contributed by atoms with van der Waals surface area (Å²) in [7, 11) is 0. The normalized spacial score (nSPS) is 15.5. The summed E-state index contributed by atoms with van der Waals surface area (Å²) in [6, 6.07) is 22.2. The van der Waals surface area contributed by atoms with Crippen LogP contribution in [0, 0.1) is 5.92 Å². The van der Waals surface area contributed by atoms with E-state index < -0.39 is 11.7 Å². The Labute approximate surface area is 201 Å². The number of halogens is 3. The van der Waals surface area contributed by atoms with Crippen molar-refractivity contribution in [1.82, 2.24) is 9.88 Å². The Morgan fingerprint density at radius 1 is 0.794 bits per heavy atom. The largest absolute Gasteiger partial charge is 0.416 e. The molecule has 0 bridgehead atoms. The lowest BCUT2D eigenvalue weighted by molar-refractivity contribution is -0.137. The molecule has 0 spiro atoms. The van der Waals surface area contributed by atoms with Gasteiger partial charge in [0.25, 0.3) is 0 Å². The van der Waals surface area contributed by atoms with E-state index >= 15 is 0 Å². The van der Waals surface area contributed by atoms with Gasteiger partial charge in [-0.15, -0.1) is 0 Å². The first-order valence-electron chi connectivity index (χ1n) is 12.2. The van der Waals surface area contributed by atoms with Gasteiger partial charge in [-0.3, -0.25) is 9.88 Å². The number of benzene rings is 2. The quantitative estimate of drug-likeness (QED) is 0.361. The van der Waals surface area contributed by atoms with E-state index in [1.54, 1.807) is 6.07 Å². The summed E-state index contributed by atoms with van der Waals surface area (Å²) in [6.45, 7) is 7.17. The average Bonchev–Trinajstić information content (AvgIpc) is 2.86. The van der Waals surface area contributed by atoms with Crippen molar-refractivity contribution in [1.29, 1.82) is 0 Å². The summed E-state index contributed by atoms with van der Waals surface area (Å²) >= 11 is 0. The Morgan fingerprint density at radius 3 is 1.97 bits per heavy atom. The van der Waals surface area contributed by atoms with E-state index in [9.17, 15) is 13.2 Å². The van der Waals surface area contributed by atoms with Gasteiger partial charge in [0.2, 0.25) is 0 Å². The first-order chi connectivity index (χ1) is 16.3. The van der Waals surface area contributed by atoms with E-state index in [1.807, 2.05) is 12.3 Å². The van der Waals surface area contributed by atoms with Crippen LogP contribution < -0.4 is 0 Å². The number of nitrogens with zero attached hydrogens (tertiary/aromatic N) is 2. The van der Waals surface area contributed by atoms with Crippen molar-refractivity contribution in [3.63, 3.8) is 0 Å². The molecule has 4 rings (SSSR count). The van der Waals surface area contributed by atoms with Crippen LogP contribution in [0.2, 0.25) is 0 Å². The maximum absolute atomic E-state index is 11.8. The molecule has 0 amide bonds.